The fourth-order valence-electron chi connectivity index (χ4n) is 2.51. The fourth-order valence-corrected chi connectivity index (χ4v) is 4.09. The Hall–Kier alpha value is -2.04. The third-order valence-electron chi connectivity index (χ3n) is 4.08. The van der Waals surface area contributed by atoms with E-state index in [2.05, 4.69) is 6.92 Å². The second-order valence-corrected chi connectivity index (χ2v) is 8.73. The third kappa shape index (κ3) is 6.56. The highest BCUT2D eigenvalue weighted by Crippen LogP contribution is 2.21. The van der Waals surface area contributed by atoms with Crippen LogP contribution >= 0.6 is 11.6 Å². The first kappa shape index (κ1) is 21.3. The van der Waals surface area contributed by atoms with E-state index in [-0.39, 0.29) is 11.4 Å². The summed E-state index contributed by atoms with van der Waals surface area (Å²) < 4.78 is 27.6. The first-order chi connectivity index (χ1) is 12.9. The molecule has 0 aliphatic heterocycles. The van der Waals surface area contributed by atoms with Crippen LogP contribution in [0.3, 0.4) is 0 Å². The summed E-state index contributed by atoms with van der Waals surface area (Å²) in [7, 11) is -3.71. The van der Waals surface area contributed by atoms with Crippen molar-refractivity contribution in [3.8, 4) is 0 Å². The van der Waals surface area contributed by atoms with Crippen LogP contribution in [0.4, 0.5) is 0 Å². The smallest absolute Gasteiger partial charge is 0.264 e. The monoisotopic (exact) mass is 403 g/mol. The third-order valence-corrected chi connectivity index (χ3v) is 6.02. The molecule has 2 aromatic rings. The summed E-state index contributed by atoms with van der Waals surface area (Å²) in [4.78, 5) is 0.250. The summed E-state index contributed by atoms with van der Waals surface area (Å²) in [5.41, 5.74) is 1.90. The largest absolute Gasteiger partial charge is 0.267 e. The average Bonchev–Trinajstić information content (AvgIpc) is 2.66. The number of aryl methyl sites for hydroxylation is 1. The molecule has 27 heavy (non-hydrogen) atoms. The van der Waals surface area contributed by atoms with E-state index in [1.165, 1.54) is 10.5 Å². The molecule has 2 rings (SSSR count). The van der Waals surface area contributed by atoms with Gasteiger partial charge in [-0.15, -0.1) is 0 Å². The van der Waals surface area contributed by atoms with Crippen LogP contribution in [0.1, 0.15) is 37.3 Å². The first-order valence-electron chi connectivity index (χ1n) is 9.10. The van der Waals surface area contributed by atoms with Crippen molar-refractivity contribution in [3.63, 3.8) is 0 Å². The van der Waals surface area contributed by atoms with Gasteiger partial charge in [-0.2, -0.15) is 0 Å². The van der Waals surface area contributed by atoms with Crippen molar-refractivity contribution in [3.05, 3.63) is 89.1 Å². The number of hydrogen-bond donors (Lipinski definition) is 0. The lowest BCUT2D eigenvalue weighted by molar-refractivity contribution is 0.495. The molecule has 0 aromatic heterocycles. The maximum atomic E-state index is 13.2. The first-order valence-corrected chi connectivity index (χ1v) is 10.9. The lowest BCUT2D eigenvalue weighted by Crippen LogP contribution is -2.26. The quantitative estimate of drug-likeness (QED) is 0.379. The van der Waals surface area contributed by atoms with Crippen LogP contribution in [0, 0.1) is 6.92 Å². The van der Waals surface area contributed by atoms with Crippen LogP contribution < -0.4 is 0 Å². The minimum Gasteiger partial charge on any atom is -0.267 e. The second-order valence-electron chi connectivity index (χ2n) is 6.41. The highest BCUT2D eigenvalue weighted by Gasteiger charge is 2.22. The zero-order valence-electron chi connectivity index (χ0n) is 15.8. The van der Waals surface area contributed by atoms with E-state index in [1.54, 1.807) is 30.3 Å². The van der Waals surface area contributed by atoms with Crippen LogP contribution in [0.25, 0.3) is 0 Å². The molecule has 0 amide bonds. The molecule has 144 valence electrons. The Morgan fingerprint density at radius 2 is 1.74 bits per heavy atom. The standard InChI is InChI=1S/C22H26ClNO2S/c1-3-4-5-9-12-21(23)18-24(17-20-10-7-6-8-11-20)27(25,26)22-15-13-19(2)14-16-22/h6-16,18H,3-5,17H2,1-2H3/b12-9+,21-18-. The van der Waals surface area contributed by atoms with Gasteiger partial charge in [0.15, 0.2) is 0 Å². The number of halogens is 1. The minimum atomic E-state index is -3.71. The SMILES string of the molecule is CCCC/C=C/C(Cl)=C/N(Cc1ccccc1)S(=O)(=O)c1ccc(C)cc1. The van der Waals surface area contributed by atoms with Crippen molar-refractivity contribution in [1.82, 2.24) is 4.31 Å². The van der Waals surface area contributed by atoms with Crippen LogP contribution in [-0.2, 0) is 16.6 Å². The Kier molecular flexibility index (Phi) is 8.14. The maximum Gasteiger partial charge on any atom is 0.264 e. The predicted molar refractivity (Wildman–Crippen MR) is 113 cm³/mol. The molecule has 0 radical (unpaired) electrons. The molecule has 0 saturated carbocycles. The Bertz CT molecular complexity index is 872. The highest BCUT2D eigenvalue weighted by molar-refractivity contribution is 7.89. The van der Waals surface area contributed by atoms with E-state index in [0.29, 0.717) is 5.03 Å². The highest BCUT2D eigenvalue weighted by atomic mass is 35.5. The number of sulfonamides is 1. The molecular weight excluding hydrogens is 378 g/mol. The molecule has 0 saturated heterocycles. The van der Waals surface area contributed by atoms with E-state index >= 15 is 0 Å². The topological polar surface area (TPSA) is 37.4 Å². The molecule has 0 aliphatic rings. The molecule has 5 heteroatoms. The zero-order valence-corrected chi connectivity index (χ0v) is 17.4. The molecule has 0 atom stereocenters. The van der Waals surface area contributed by atoms with Crippen LogP contribution in [0.2, 0.25) is 0 Å². The van der Waals surface area contributed by atoms with Gasteiger partial charge in [-0.05, 0) is 37.1 Å². The summed E-state index contributed by atoms with van der Waals surface area (Å²) in [6.07, 6.45) is 8.33. The van der Waals surface area contributed by atoms with Gasteiger partial charge in [0.05, 0.1) is 16.5 Å². The molecule has 0 aliphatic carbocycles. The fraction of sp³-hybridized carbons (Fsp3) is 0.273. The van der Waals surface area contributed by atoms with E-state index in [4.69, 9.17) is 11.6 Å². The van der Waals surface area contributed by atoms with E-state index in [9.17, 15) is 8.42 Å². The lowest BCUT2D eigenvalue weighted by Gasteiger charge is -2.21. The minimum absolute atomic E-state index is 0.218. The van der Waals surface area contributed by atoms with Gasteiger partial charge in [0, 0.05) is 6.20 Å². The second kappa shape index (κ2) is 10.3. The Balaban J connectivity index is 2.34. The average molecular weight is 404 g/mol. The Morgan fingerprint density at radius 3 is 2.37 bits per heavy atom. The number of nitrogens with zero attached hydrogens (tertiary/aromatic N) is 1. The molecular formula is C22H26ClNO2S. The predicted octanol–water partition coefficient (Wildman–Crippen LogP) is 6.01. The normalized spacial score (nSPS) is 12.5. The van der Waals surface area contributed by atoms with Crippen LogP contribution in [0.15, 0.2) is 82.9 Å². The summed E-state index contributed by atoms with van der Waals surface area (Å²) in [6, 6.07) is 16.3. The maximum absolute atomic E-state index is 13.2. The van der Waals surface area contributed by atoms with Crippen molar-refractivity contribution in [2.45, 2.75) is 44.6 Å². The Labute approximate surface area is 168 Å². The number of unbranched alkanes of at least 4 members (excludes halogenated alkanes) is 2. The van der Waals surface area contributed by atoms with Gasteiger partial charge in [0.2, 0.25) is 0 Å². The molecule has 0 heterocycles. The zero-order chi connectivity index (χ0) is 19.7. The molecule has 0 bridgehead atoms. The summed E-state index contributed by atoms with van der Waals surface area (Å²) in [6.45, 7) is 4.27. The number of benzene rings is 2. The van der Waals surface area contributed by atoms with E-state index < -0.39 is 10.0 Å². The molecule has 0 fully saturated rings. The van der Waals surface area contributed by atoms with Crippen LogP contribution in [0.5, 0.6) is 0 Å². The molecule has 0 N–H and O–H groups in total. The van der Waals surface area contributed by atoms with Gasteiger partial charge in [-0.3, -0.25) is 4.31 Å². The summed E-state index contributed by atoms with van der Waals surface area (Å²) in [5, 5.41) is 0.387. The van der Waals surface area contributed by atoms with E-state index in [1.807, 2.05) is 43.3 Å². The molecule has 0 spiro atoms. The summed E-state index contributed by atoms with van der Waals surface area (Å²) >= 11 is 6.31. The van der Waals surface area contributed by atoms with Crippen molar-refractivity contribution >= 4 is 21.6 Å². The Morgan fingerprint density at radius 1 is 1.07 bits per heavy atom. The number of hydrogen-bond acceptors (Lipinski definition) is 2. The van der Waals surface area contributed by atoms with Crippen molar-refractivity contribution in [1.29, 1.82) is 0 Å². The van der Waals surface area contributed by atoms with Crippen molar-refractivity contribution < 1.29 is 8.42 Å². The molecule has 2 aromatic carbocycles. The van der Waals surface area contributed by atoms with Gasteiger partial charge in [0.25, 0.3) is 10.0 Å². The van der Waals surface area contributed by atoms with Gasteiger partial charge in [-0.25, -0.2) is 8.42 Å². The van der Waals surface area contributed by atoms with Gasteiger partial charge in [-0.1, -0.05) is 85.5 Å². The van der Waals surface area contributed by atoms with E-state index in [0.717, 1.165) is 30.4 Å². The van der Waals surface area contributed by atoms with Crippen LogP contribution in [-0.4, -0.2) is 12.7 Å². The van der Waals surface area contributed by atoms with Gasteiger partial charge in [0.1, 0.15) is 0 Å². The number of rotatable bonds is 9. The van der Waals surface area contributed by atoms with Gasteiger partial charge < -0.3 is 0 Å². The van der Waals surface area contributed by atoms with Crippen molar-refractivity contribution in [2.75, 3.05) is 0 Å². The summed E-state index contributed by atoms with van der Waals surface area (Å²) in [5.74, 6) is 0. The number of allylic oxidation sites excluding steroid dienone is 3. The molecule has 0 unspecified atom stereocenters. The van der Waals surface area contributed by atoms with Gasteiger partial charge >= 0.3 is 0 Å². The van der Waals surface area contributed by atoms with Crippen molar-refractivity contribution in [2.24, 2.45) is 0 Å². The lowest BCUT2D eigenvalue weighted by atomic mass is 10.2. The molecule has 3 nitrogen and oxygen atoms in total.